The van der Waals surface area contributed by atoms with Crippen LogP contribution in [0.15, 0.2) is 30.9 Å². The van der Waals surface area contributed by atoms with Crippen LogP contribution < -0.4 is 15.4 Å². The number of hydrogen-bond donors (Lipinski definition) is 1. The standard InChI is InChI=1S/C30H30ClF2N7O2S/c1-3-21(41)40-11-5-9-30(40)14-39(15-30)27-18-12-19(31)22(17-7-8-20(32)26-25(17)35-28(34)43-26)23(33)24(18)36-29(37-27)42-13-16-6-4-10-38(16)2/h3,7-8,12,16H,1,4-6,9-11,13-15H2,2H3,(H2,34,35). The Morgan fingerprint density at radius 3 is 2.79 bits per heavy atom. The molecule has 7 rings (SSSR count). The minimum absolute atomic E-state index is 0.0336. The Labute approximate surface area is 255 Å². The van der Waals surface area contributed by atoms with Crippen molar-refractivity contribution >= 4 is 60.9 Å². The second-order valence-corrected chi connectivity index (χ2v) is 13.0. The van der Waals surface area contributed by atoms with E-state index in [-0.39, 0.29) is 54.9 Å². The first kappa shape index (κ1) is 28.2. The van der Waals surface area contributed by atoms with Crippen LogP contribution in [0, 0.1) is 11.6 Å². The Balaban J connectivity index is 1.33. The van der Waals surface area contributed by atoms with E-state index >= 15 is 4.39 Å². The highest BCUT2D eigenvalue weighted by molar-refractivity contribution is 7.22. The number of likely N-dealkylation sites (tertiary alicyclic amines) is 2. The lowest BCUT2D eigenvalue weighted by molar-refractivity contribution is -0.130. The van der Waals surface area contributed by atoms with Crippen LogP contribution in [0.1, 0.15) is 25.7 Å². The molecule has 0 saturated carbocycles. The molecule has 0 aliphatic carbocycles. The summed E-state index contributed by atoms with van der Waals surface area (Å²) in [4.78, 5) is 32.2. The van der Waals surface area contributed by atoms with E-state index < -0.39 is 11.6 Å². The molecule has 2 N–H and O–H groups in total. The molecule has 2 aromatic heterocycles. The van der Waals surface area contributed by atoms with Gasteiger partial charge in [-0.1, -0.05) is 29.5 Å². The van der Waals surface area contributed by atoms with Crippen LogP contribution in [0.5, 0.6) is 6.01 Å². The molecule has 1 atom stereocenters. The average Bonchev–Trinajstić information content (AvgIpc) is 3.70. The van der Waals surface area contributed by atoms with Gasteiger partial charge in [0.25, 0.3) is 0 Å². The molecule has 3 saturated heterocycles. The van der Waals surface area contributed by atoms with Gasteiger partial charge in [-0.3, -0.25) is 4.79 Å². The zero-order valence-corrected chi connectivity index (χ0v) is 25.1. The maximum absolute atomic E-state index is 16.6. The summed E-state index contributed by atoms with van der Waals surface area (Å²) in [6, 6.07) is 4.61. The number of rotatable bonds is 6. The van der Waals surface area contributed by atoms with Gasteiger partial charge < -0.3 is 25.2 Å². The Hall–Kier alpha value is -3.61. The molecule has 4 aromatic rings. The number of amides is 1. The SMILES string of the molecule is C=CC(=O)N1CCCC12CN(c1nc(OCC3CCCN3C)nc3c(F)c(-c4ccc(F)c5sc(N)nc45)c(Cl)cc13)C2. The predicted octanol–water partition coefficient (Wildman–Crippen LogP) is 5.26. The Morgan fingerprint density at radius 1 is 1.23 bits per heavy atom. The van der Waals surface area contributed by atoms with Gasteiger partial charge >= 0.3 is 6.01 Å². The number of aromatic nitrogens is 3. The number of thiazole rings is 1. The van der Waals surface area contributed by atoms with Crippen LogP contribution in [-0.2, 0) is 4.79 Å². The minimum atomic E-state index is -0.687. The number of carbonyl (C=O) groups excluding carboxylic acids is 1. The summed E-state index contributed by atoms with van der Waals surface area (Å²) in [5.41, 5.74) is 6.19. The zero-order chi connectivity index (χ0) is 30.0. The fourth-order valence-corrected chi connectivity index (χ4v) is 7.86. The molecular weight excluding hydrogens is 596 g/mol. The fraction of sp³-hybridized carbons (Fsp3) is 0.400. The lowest BCUT2D eigenvalue weighted by Crippen LogP contribution is -2.69. The van der Waals surface area contributed by atoms with Gasteiger partial charge in [0.05, 0.1) is 20.8 Å². The van der Waals surface area contributed by atoms with Gasteiger partial charge in [0, 0.05) is 42.2 Å². The molecule has 0 radical (unpaired) electrons. The second-order valence-electron chi connectivity index (χ2n) is 11.6. The molecule has 1 amide bonds. The van der Waals surface area contributed by atoms with Crippen LogP contribution in [0.2, 0.25) is 5.02 Å². The largest absolute Gasteiger partial charge is 0.462 e. The molecule has 1 unspecified atom stereocenters. The van der Waals surface area contributed by atoms with E-state index in [1.54, 1.807) is 6.07 Å². The minimum Gasteiger partial charge on any atom is -0.462 e. The van der Waals surface area contributed by atoms with Crippen LogP contribution in [-0.4, -0.2) is 82.1 Å². The van der Waals surface area contributed by atoms with E-state index in [2.05, 4.69) is 21.4 Å². The molecule has 43 heavy (non-hydrogen) atoms. The monoisotopic (exact) mass is 625 g/mol. The number of nitrogen functional groups attached to an aromatic ring is 1. The quantitative estimate of drug-likeness (QED) is 0.290. The molecular formula is C30H30ClF2N7O2S. The van der Waals surface area contributed by atoms with Crippen LogP contribution in [0.4, 0.5) is 19.7 Å². The summed E-state index contributed by atoms with van der Waals surface area (Å²) in [6.07, 6.45) is 5.18. The van der Waals surface area contributed by atoms with Crippen molar-refractivity contribution in [2.75, 3.05) is 50.5 Å². The van der Waals surface area contributed by atoms with Gasteiger partial charge in [-0.05, 0) is 63.6 Å². The highest BCUT2D eigenvalue weighted by Gasteiger charge is 2.52. The lowest BCUT2D eigenvalue weighted by atomic mass is 9.86. The Bertz CT molecular complexity index is 1790. The van der Waals surface area contributed by atoms with Crippen LogP contribution >= 0.6 is 22.9 Å². The average molecular weight is 626 g/mol. The first-order valence-corrected chi connectivity index (χ1v) is 15.5. The van der Waals surface area contributed by atoms with E-state index in [0.717, 1.165) is 43.6 Å². The van der Waals surface area contributed by atoms with Crippen LogP contribution in [0.25, 0.3) is 32.2 Å². The summed E-state index contributed by atoms with van der Waals surface area (Å²) in [7, 11) is 2.05. The molecule has 224 valence electrons. The summed E-state index contributed by atoms with van der Waals surface area (Å²) in [5, 5.41) is 0.691. The molecule has 13 heteroatoms. The highest BCUT2D eigenvalue weighted by atomic mass is 35.5. The first-order valence-electron chi connectivity index (χ1n) is 14.3. The summed E-state index contributed by atoms with van der Waals surface area (Å²) < 4.78 is 37.5. The number of nitrogens with zero attached hydrogens (tertiary/aromatic N) is 6. The Kier molecular flexibility index (Phi) is 6.90. The smallest absolute Gasteiger partial charge is 0.319 e. The topological polar surface area (TPSA) is 101 Å². The van der Waals surface area contributed by atoms with Gasteiger partial charge in [0.1, 0.15) is 23.8 Å². The number of halogens is 3. The van der Waals surface area contributed by atoms with Gasteiger partial charge in [-0.25, -0.2) is 13.8 Å². The fourth-order valence-electron chi connectivity index (χ4n) is 6.80. The van der Waals surface area contributed by atoms with E-state index in [1.807, 2.05) is 16.8 Å². The third kappa shape index (κ3) is 4.58. The molecule has 9 nitrogen and oxygen atoms in total. The number of nitrogens with two attached hydrogens (primary N) is 1. The van der Waals surface area contributed by atoms with Crippen molar-refractivity contribution in [3.8, 4) is 17.1 Å². The third-order valence-electron chi connectivity index (χ3n) is 9.01. The molecule has 3 aliphatic rings. The van der Waals surface area contributed by atoms with E-state index in [0.29, 0.717) is 43.0 Å². The number of anilines is 2. The molecule has 2 aromatic carbocycles. The van der Waals surface area contributed by atoms with Crippen molar-refractivity contribution in [3.63, 3.8) is 0 Å². The molecule has 3 fully saturated rings. The maximum atomic E-state index is 16.6. The van der Waals surface area contributed by atoms with Gasteiger partial charge in [0.2, 0.25) is 5.91 Å². The predicted molar refractivity (Wildman–Crippen MR) is 165 cm³/mol. The highest BCUT2D eigenvalue weighted by Crippen LogP contribution is 2.45. The summed E-state index contributed by atoms with van der Waals surface area (Å²) >= 11 is 7.76. The van der Waals surface area contributed by atoms with Crippen molar-refractivity contribution in [2.24, 2.45) is 0 Å². The maximum Gasteiger partial charge on any atom is 0.319 e. The number of likely N-dealkylation sites (N-methyl/N-ethyl adjacent to an activating group) is 1. The van der Waals surface area contributed by atoms with Crippen molar-refractivity contribution in [2.45, 2.75) is 37.3 Å². The Morgan fingerprint density at radius 2 is 2.05 bits per heavy atom. The van der Waals surface area contributed by atoms with Crippen LogP contribution in [0.3, 0.4) is 0 Å². The zero-order valence-electron chi connectivity index (χ0n) is 23.6. The molecule has 5 heterocycles. The number of fused-ring (bicyclic) bond motifs is 2. The lowest BCUT2D eigenvalue weighted by Gasteiger charge is -2.53. The molecule has 1 spiro atoms. The number of carbonyl (C=O) groups is 1. The summed E-state index contributed by atoms with van der Waals surface area (Å²) in [6.45, 7) is 6.74. The summed E-state index contributed by atoms with van der Waals surface area (Å²) in [5.74, 6) is -0.794. The number of hydrogen-bond acceptors (Lipinski definition) is 9. The molecule has 0 bridgehead atoms. The van der Waals surface area contributed by atoms with Gasteiger partial charge in [-0.15, -0.1) is 0 Å². The first-order chi connectivity index (χ1) is 20.7. The van der Waals surface area contributed by atoms with Gasteiger partial charge in [0.15, 0.2) is 10.9 Å². The number of benzene rings is 2. The van der Waals surface area contributed by atoms with Gasteiger partial charge in [-0.2, -0.15) is 9.97 Å². The van der Waals surface area contributed by atoms with Crippen molar-refractivity contribution in [1.82, 2.24) is 24.8 Å². The van der Waals surface area contributed by atoms with Crippen molar-refractivity contribution < 1.29 is 18.3 Å². The van der Waals surface area contributed by atoms with Crippen molar-refractivity contribution in [3.05, 3.63) is 47.5 Å². The molecule has 3 aliphatic heterocycles. The number of ether oxygens (including phenoxy) is 1. The van der Waals surface area contributed by atoms with Crippen molar-refractivity contribution in [1.29, 1.82) is 0 Å². The van der Waals surface area contributed by atoms with E-state index in [9.17, 15) is 9.18 Å². The second kappa shape index (κ2) is 10.5. The normalized spacial score (nSPS) is 20.0. The van der Waals surface area contributed by atoms with E-state index in [1.165, 1.54) is 18.2 Å². The van der Waals surface area contributed by atoms with E-state index in [4.69, 9.17) is 27.1 Å². The third-order valence-corrected chi connectivity index (χ3v) is 10.2.